The normalized spacial score (nSPS) is 9.00. The Balaban J connectivity index is 3.27. The Bertz CT molecular complexity index is 324. The van der Waals surface area contributed by atoms with Crippen LogP contribution >= 0.6 is 0 Å². The number of rotatable bonds is 3. The molecule has 0 N–H and O–H groups in total. The molecule has 0 atom stereocenters. The Morgan fingerprint density at radius 2 is 1.83 bits per heavy atom. The summed E-state index contributed by atoms with van der Waals surface area (Å²) < 4.78 is 0. The highest BCUT2D eigenvalue weighted by Crippen LogP contribution is 2.11. The average molecular weight is 158 g/mol. The predicted octanol–water partition coefficient (Wildman–Crippen LogP) is 2.79. The summed E-state index contributed by atoms with van der Waals surface area (Å²) in [5, 5.41) is 0. The molecule has 1 rings (SSSR count). The summed E-state index contributed by atoms with van der Waals surface area (Å²) in [4.78, 5) is 10.6. The zero-order chi connectivity index (χ0) is 8.97. The average Bonchev–Trinajstić information content (AvgIpc) is 2.16. The first-order valence-corrected chi connectivity index (χ1v) is 3.66. The van der Waals surface area contributed by atoms with Crippen LogP contribution in [0.4, 0.5) is 0 Å². The van der Waals surface area contributed by atoms with Crippen molar-refractivity contribution in [2.75, 3.05) is 0 Å². The van der Waals surface area contributed by atoms with Crippen molar-refractivity contribution < 1.29 is 4.79 Å². The smallest absolute Gasteiger partial charge is 0.150 e. The number of carbonyl (C=O) groups is 1. The lowest BCUT2D eigenvalue weighted by Crippen LogP contribution is -1.86. The van der Waals surface area contributed by atoms with Gasteiger partial charge in [-0.1, -0.05) is 37.4 Å². The Hall–Kier alpha value is -1.63. The summed E-state index contributed by atoms with van der Waals surface area (Å²) in [5.74, 6) is 0. The molecule has 0 spiro atoms. The lowest BCUT2D eigenvalue weighted by atomic mass is 10.1. The molecule has 0 radical (unpaired) electrons. The van der Waals surface area contributed by atoms with Crippen molar-refractivity contribution in [3.05, 3.63) is 48.0 Å². The van der Waals surface area contributed by atoms with Crippen molar-refractivity contribution >= 4 is 18.4 Å². The lowest BCUT2D eigenvalue weighted by molar-refractivity contribution is 0.112. The van der Waals surface area contributed by atoms with Crippen molar-refractivity contribution in [2.24, 2.45) is 0 Å². The first-order valence-electron chi connectivity index (χ1n) is 3.66. The van der Waals surface area contributed by atoms with E-state index >= 15 is 0 Å². The van der Waals surface area contributed by atoms with Crippen LogP contribution in [0.3, 0.4) is 0 Å². The molecule has 0 unspecified atom stereocenters. The van der Waals surface area contributed by atoms with E-state index in [-0.39, 0.29) is 0 Å². The van der Waals surface area contributed by atoms with E-state index in [0.29, 0.717) is 5.56 Å². The molecule has 0 saturated heterocycles. The predicted molar refractivity (Wildman–Crippen MR) is 52.0 cm³/mol. The monoisotopic (exact) mass is 158 g/mol. The molecule has 0 aliphatic rings. The van der Waals surface area contributed by atoms with Gasteiger partial charge in [-0.2, -0.15) is 0 Å². The van der Waals surface area contributed by atoms with Gasteiger partial charge in [-0.15, -0.1) is 0 Å². The molecule has 0 heterocycles. The number of benzene rings is 1. The molecule has 0 amide bonds. The van der Waals surface area contributed by atoms with Crippen LogP contribution in [0, 0.1) is 0 Å². The quantitative estimate of drug-likeness (QED) is 0.618. The molecular formula is C11H10O. The maximum Gasteiger partial charge on any atom is 0.150 e. The second kappa shape index (κ2) is 3.67. The van der Waals surface area contributed by atoms with E-state index in [2.05, 4.69) is 13.2 Å². The Morgan fingerprint density at radius 3 is 2.33 bits per heavy atom. The zero-order valence-corrected chi connectivity index (χ0v) is 6.79. The van der Waals surface area contributed by atoms with Gasteiger partial charge in [0.05, 0.1) is 0 Å². The molecule has 12 heavy (non-hydrogen) atoms. The second-order valence-corrected chi connectivity index (χ2v) is 2.41. The van der Waals surface area contributed by atoms with Crippen molar-refractivity contribution in [3.63, 3.8) is 0 Å². The molecular weight excluding hydrogens is 148 g/mol. The van der Waals surface area contributed by atoms with Crippen LogP contribution in [0.2, 0.25) is 0 Å². The third kappa shape index (κ3) is 1.51. The second-order valence-electron chi connectivity index (χ2n) is 2.41. The fraction of sp³-hybridized carbons (Fsp3) is 0. The summed E-state index contributed by atoms with van der Waals surface area (Å²) in [7, 11) is 0. The minimum atomic E-state index is 0.655. The molecule has 1 aromatic rings. The van der Waals surface area contributed by atoms with Gasteiger partial charge in [0.25, 0.3) is 0 Å². The summed E-state index contributed by atoms with van der Waals surface area (Å²) >= 11 is 0. The van der Waals surface area contributed by atoms with Gasteiger partial charge in [0, 0.05) is 5.56 Å². The number of aldehydes is 1. The topological polar surface area (TPSA) is 17.1 Å². The summed E-state index contributed by atoms with van der Waals surface area (Å²) in [6.45, 7) is 7.23. The minimum absolute atomic E-state index is 0.655. The molecule has 0 bridgehead atoms. The van der Waals surface area contributed by atoms with E-state index in [1.807, 2.05) is 12.1 Å². The van der Waals surface area contributed by atoms with Gasteiger partial charge >= 0.3 is 0 Å². The van der Waals surface area contributed by atoms with E-state index in [1.54, 1.807) is 18.2 Å². The van der Waals surface area contributed by atoms with E-state index in [1.165, 1.54) is 0 Å². The van der Waals surface area contributed by atoms with Crippen molar-refractivity contribution in [2.45, 2.75) is 0 Å². The molecule has 1 heteroatoms. The maximum atomic E-state index is 10.6. The molecule has 0 saturated carbocycles. The minimum Gasteiger partial charge on any atom is -0.298 e. The standard InChI is InChI=1S/C11H10O/c1-3-9-5-6-10(4-2)11(7-9)8-12/h3-8H,1-2H2. The summed E-state index contributed by atoms with van der Waals surface area (Å²) in [6.07, 6.45) is 4.19. The Morgan fingerprint density at radius 1 is 1.08 bits per heavy atom. The summed E-state index contributed by atoms with van der Waals surface area (Å²) in [6, 6.07) is 5.54. The Labute approximate surface area is 72.0 Å². The third-order valence-corrected chi connectivity index (χ3v) is 1.69. The van der Waals surface area contributed by atoms with Gasteiger partial charge in [-0.3, -0.25) is 4.79 Å². The molecule has 0 aliphatic carbocycles. The van der Waals surface area contributed by atoms with E-state index in [9.17, 15) is 4.79 Å². The largest absolute Gasteiger partial charge is 0.298 e. The molecule has 1 aromatic carbocycles. The number of hydrogen-bond acceptors (Lipinski definition) is 1. The lowest BCUT2D eigenvalue weighted by Gasteiger charge is -1.99. The highest BCUT2D eigenvalue weighted by molar-refractivity contribution is 5.82. The Kier molecular flexibility index (Phi) is 2.59. The maximum absolute atomic E-state index is 10.6. The van der Waals surface area contributed by atoms with E-state index in [0.717, 1.165) is 17.4 Å². The van der Waals surface area contributed by atoms with Gasteiger partial charge < -0.3 is 0 Å². The molecule has 60 valence electrons. The van der Waals surface area contributed by atoms with Crippen LogP contribution < -0.4 is 0 Å². The van der Waals surface area contributed by atoms with Gasteiger partial charge in [0.15, 0.2) is 6.29 Å². The fourth-order valence-electron chi connectivity index (χ4n) is 1.01. The van der Waals surface area contributed by atoms with Crippen LogP contribution in [0.15, 0.2) is 31.4 Å². The highest BCUT2D eigenvalue weighted by Gasteiger charge is 1.97. The third-order valence-electron chi connectivity index (χ3n) is 1.69. The van der Waals surface area contributed by atoms with E-state index < -0.39 is 0 Å². The van der Waals surface area contributed by atoms with Crippen LogP contribution in [-0.2, 0) is 0 Å². The molecule has 1 nitrogen and oxygen atoms in total. The van der Waals surface area contributed by atoms with Gasteiger partial charge in [-0.05, 0) is 17.2 Å². The van der Waals surface area contributed by atoms with Crippen molar-refractivity contribution in [3.8, 4) is 0 Å². The molecule has 0 aliphatic heterocycles. The fourth-order valence-corrected chi connectivity index (χ4v) is 1.01. The van der Waals surface area contributed by atoms with Crippen molar-refractivity contribution in [1.29, 1.82) is 0 Å². The van der Waals surface area contributed by atoms with Gasteiger partial charge in [0.1, 0.15) is 0 Å². The summed E-state index contributed by atoms with van der Waals surface area (Å²) in [5.41, 5.74) is 2.46. The van der Waals surface area contributed by atoms with Crippen LogP contribution in [0.5, 0.6) is 0 Å². The van der Waals surface area contributed by atoms with Crippen LogP contribution in [-0.4, -0.2) is 6.29 Å². The van der Waals surface area contributed by atoms with Crippen LogP contribution in [0.1, 0.15) is 21.5 Å². The van der Waals surface area contributed by atoms with Crippen LogP contribution in [0.25, 0.3) is 12.2 Å². The van der Waals surface area contributed by atoms with Gasteiger partial charge in [0.2, 0.25) is 0 Å². The SMILES string of the molecule is C=Cc1ccc(C=C)c(C=O)c1. The van der Waals surface area contributed by atoms with Crippen molar-refractivity contribution in [1.82, 2.24) is 0 Å². The number of carbonyl (C=O) groups excluding carboxylic acids is 1. The highest BCUT2D eigenvalue weighted by atomic mass is 16.1. The zero-order valence-electron chi connectivity index (χ0n) is 6.79. The first kappa shape index (κ1) is 8.47. The molecule has 0 fully saturated rings. The molecule has 0 aromatic heterocycles. The number of hydrogen-bond donors (Lipinski definition) is 0. The first-order chi connectivity index (χ1) is 5.81. The van der Waals surface area contributed by atoms with Gasteiger partial charge in [-0.25, -0.2) is 0 Å². The van der Waals surface area contributed by atoms with E-state index in [4.69, 9.17) is 0 Å².